The van der Waals surface area contributed by atoms with Crippen LogP contribution >= 0.6 is 11.6 Å². The van der Waals surface area contributed by atoms with Gasteiger partial charge in [0.1, 0.15) is 0 Å². The lowest BCUT2D eigenvalue weighted by molar-refractivity contribution is 0.325. The average Bonchev–Trinajstić information content (AvgIpc) is 2.48. The fourth-order valence-electron chi connectivity index (χ4n) is 2.50. The van der Waals surface area contributed by atoms with Gasteiger partial charge in [0.15, 0.2) is 11.0 Å². The lowest BCUT2D eigenvalue weighted by Crippen LogP contribution is -2.27. The van der Waals surface area contributed by atoms with Crippen LogP contribution in [0.4, 0.5) is 5.82 Å². The van der Waals surface area contributed by atoms with Gasteiger partial charge in [-0.2, -0.15) is 0 Å². The molecule has 1 fully saturated rings. The predicted molar refractivity (Wildman–Crippen MR) is 76.4 cm³/mol. The number of hydrogen-bond acceptors (Lipinski definition) is 3. The van der Waals surface area contributed by atoms with Crippen molar-refractivity contribution in [3.05, 3.63) is 16.3 Å². The maximum absolute atomic E-state index is 6.01. The average molecular weight is 268 g/mol. The third-order valence-corrected chi connectivity index (χ3v) is 4.44. The summed E-state index contributed by atoms with van der Waals surface area (Å²) in [6.45, 7) is 10.9. The van der Waals surface area contributed by atoms with Crippen molar-refractivity contribution in [3.63, 3.8) is 0 Å². The molecule has 0 saturated carbocycles. The molecule has 0 radical (unpaired) electrons. The Kier molecular flexibility index (Phi) is 3.81. The zero-order valence-electron chi connectivity index (χ0n) is 11.8. The van der Waals surface area contributed by atoms with E-state index < -0.39 is 0 Å². The van der Waals surface area contributed by atoms with Gasteiger partial charge in [0.05, 0.1) is 0 Å². The Hall–Kier alpha value is -0.830. The molecule has 18 heavy (non-hydrogen) atoms. The van der Waals surface area contributed by atoms with Crippen molar-refractivity contribution in [2.24, 2.45) is 5.41 Å². The number of nitrogens with zero attached hydrogens (tertiary/aromatic N) is 3. The Morgan fingerprint density at radius 3 is 2.50 bits per heavy atom. The molecule has 100 valence electrons. The van der Waals surface area contributed by atoms with E-state index >= 15 is 0 Å². The van der Waals surface area contributed by atoms with E-state index in [0.717, 1.165) is 30.0 Å². The molecule has 3 nitrogen and oxygen atoms in total. The van der Waals surface area contributed by atoms with E-state index in [1.807, 2.05) is 6.92 Å². The summed E-state index contributed by atoms with van der Waals surface area (Å²) < 4.78 is 0. The zero-order chi connectivity index (χ0) is 13.3. The molecule has 2 rings (SSSR count). The van der Waals surface area contributed by atoms with Crippen molar-refractivity contribution < 1.29 is 0 Å². The molecule has 0 amide bonds. The molecule has 2 heterocycles. The van der Waals surface area contributed by atoms with Gasteiger partial charge in [0, 0.05) is 13.1 Å². The number of aromatic nitrogens is 2. The van der Waals surface area contributed by atoms with Crippen LogP contribution in [0.15, 0.2) is 0 Å². The Balaban J connectivity index is 2.24. The van der Waals surface area contributed by atoms with Gasteiger partial charge in [0.2, 0.25) is 0 Å². The number of hydrogen-bond donors (Lipinski definition) is 0. The molecule has 1 saturated heterocycles. The Labute approximate surface area is 115 Å². The lowest BCUT2D eigenvalue weighted by Gasteiger charge is -2.25. The molecule has 4 heteroatoms. The highest BCUT2D eigenvalue weighted by Crippen LogP contribution is 2.32. The van der Waals surface area contributed by atoms with Crippen molar-refractivity contribution in [1.29, 1.82) is 0 Å². The molecule has 0 aliphatic carbocycles. The van der Waals surface area contributed by atoms with Crippen molar-refractivity contribution in [2.75, 3.05) is 18.0 Å². The van der Waals surface area contributed by atoms with Crippen LogP contribution in [0, 0.1) is 19.3 Å². The molecule has 1 aromatic heterocycles. The number of rotatable bonds is 1. The molecule has 0 spiro atoms. The van der Waals surface area contributed by atoms with Crippen molar-refractivity contribution in [1.82, 2.24) is 10.2 Å². The Morgan fingerprint density at radius 1 is 1.06 bits per heavy atom. The van der Waals surface area contributed by atoms with E-state index in [9.17, 15) is 0 Å². The van der Waals surface area contributed by atoms with Crippen LogP contribution in [0.5, 0.6) is 0 Å². The van der Waals surface area contributed by atoms with Crippen LogP contribution in [-0.4, -0.2) is 23.3 Å². The summed E-state index contributed by atoms with van der Waals surface area (Å²) in [4.78, 5) is 2.36. The van der Waals surface area contributed by atoms with Crippen LogP contribution in [0.25, 0.3) is 0 Å². The highest BCUT2D eigenvalue weighted by molar-refractivity contribution is 6.30. The van der Waals surface area contributed by atoms with Crippen LogP contribution in [-0.2, 0) is 0 Å². The summed E-state index contributed by atoms with van der Waals surface area (Å²) in [5.41, 5.74) is 2.65. The highest BCUT2D eigenvalue weighted by Gasteiger charge is 2.25. The quantitative estimate of drug-likeness (QED) is 0.776. The van der Waals surface area contributed by atoms with Gasteiger partial charge in [-0.25, -0.2) is 0 Å². The second-order valence-electron chi connectivity index (χ2n) is 6.07. The van der Waals surface area contributed by atoms with E-state index in [0.29, 0.717) is 10.6 Å². The van der Waals surface area contributed by atoms with Crippen LogP contribution in [0.2, 0.25) is 5.15 Å². The minimum atomic E-state index is 0.442. The maximum atomic E-state index is 6.01. The molecule has 1 aromatic rings. The van der Waals surface area contributed by atoms with Gasteiger partial charge < -0.3 is 4.90 Å². The normalized spacial score (nSPS) is 19.7. The van der Waals surface area contributed by atoms with E-state index in [1.54, 1.807) is 0 Å². The number of anilines is 1. The predicted octanol–water partition coefficient (Wildman–Crippen LogP) is 3.76. The van der Waals surface area contributed by atoms with Crippen LogP contribution < -0.4 is 4.90 Å². The molecule has 1 aliphatic rings. The number of halogens is 1. The third kappa shape index (κ3) is 2.77. The summed E-state index contributed by atoms with van der Waals surface area (Å²) in [6, 6.07) is 0. The second kappa shape index (κ2) is 5.04. The SMILES string of the molecule is Cc1c(Cl)nnc(N2CCCC(C)(C)CC2)c1C. The van der Waals surface area contributed by atoms with E-state index in [2.05, 4.69) is 35.9 Å². The molecule has 0 N–H and O–H groups in total. The van der Waals surface area contributed by atoms with Crippen molar-refractivity contribution in [3.8, 4) is 0 Å². The zero-order valence-corrected chi connectivity index (χ0v) is 12.5. The van der Waals surface area contributed by atoms with E-state index in [1.165, 1.54) is 19.3 Å². The maximum Gasteiger partial charge on any atom is 0.155 e. The first kappa shape index (κ1) is 13.6. The summed E-state index contributed by atoms with van der Waals surface area (Å²) in [5, 5.41) is 8.87. The summed E-state index contributed by atoms with van der Waals surface area (Å²) in [5.74, 6) is 1.01. The van der Waals surface area contributed by atoms with Gasteiger partial charge in [-0.15, -0.1) is 10.2 Å². The first-order chi connectivity index (χ1) is 8.41. The monoisotopic (exact) mass is 267 g/mol. The van der Waals surface area contributed by atoms with Gasteiger partial charge in [0.25, 0.3) is 0 Å². The summed E-state index contributed by atoms with van der Waals surface area (Å²) in [6.07, 6.45) is 3.70. The molecule has 1 aliphatic heterocycles. The minimum Gasteiger partial charge on any atom is -0.355 e. The molecule has 0 aromatic carbocycles. The Bertz CT molecular complexity index is 443. The van der Waals surface area contributed by atoms with Gasteiger partial charge in [-0.05, 0) is 49.7 Å². The van der Waals surface area contributed by atoms with Gasteiger partial charge in [-0.1, -0.05) is 25.4 Å². The smallest absolute Gasteiger partial charge is 0.155 e. The first-order valence-electron chi connectivity index (χ1n) is 6.65. The molecular formula is C14H22ClN3. The van der Waals surface area contributed by atoms with Gasteiger partial charge in [-0.3, -0.25) is 0 Å². The summed E-state index contributed by atoms with van der Waals surface area (Å²) >= 11 is 6.01. The lowest BCUT2D eigenvalue weighted by atomic mass is 9.85. The fourth-order valence-corrected chi connectivity index (χ4v) is 2.68. The largest absolute Gasteiger partial charge is 0.355 e. The van der Waals surface area contributed by atoms with Crippen LogP contribution in [0.1, 0.15) is 44.2 Å². The first-order valence-corrected chi connectivity index (χ1v) is 7.03. The van der Waals surface area contributed by atoms with Crippen molar-refractivity contribution >= 4 is 17.4 Å². The minimum absolute atomic E-state index is 0.442. The Morgan fingerprint density at radius 2 is 1.78 bits per heavy atom. The molecular weight excluding hydrogens is 246 g/mol. The van der Waals surface area contributed by atoms with Crippen LogP contribution in [0.3, 0.4) is 0 Å². The molecule has 0 atom stereocenters. The second-order valence-corrected chi connectivity index (χ2v) is 6.43. The molecule has 0 bridgehead atoms. The van der Waals surface area contributed by atoms with E-state index in [4.69, 9.17) is 11.6 Å². The van der Waals surface area contributed by atoms with Gasteiger partial charge >= 0.3 is 0 Å². The highest BCUT2D eigenvalue weighted by atomic mass is 35.5. The summed E-state index contributed by atoms with van der Waals surface area (Å²) in [7, 11) is 0. The topological polar surface area (TPSA) is 29.0 Å². The standard InChI is InChI=1S/C14H22ClN3/c1-10-11(2)13(17-16-12(10)15)18-8-5-6-14(3,4)7-9-18/h5-9H2,1-4H3. The van der Waals surface area contributed by atoms with Crippen molar-refractivity contribution in [2.45, 2.75) is 47.0 Å². The third-order valence-electron chi connectivity index (χ3n) is 4.08. The molecule has 0 unspecified atom stereocenters. The van der Waals surface area contributed by atoms with E-state index in [-0.39, 0.29) is 0 Å². The fraction of sp³-hybridized carbons (Fsp3) is 0.714.